The molecule has 0 spiro atoms. The van der Waals surface area contributed by atoms with Crippen molar-refractivity contribution >= 4 is 5.91 Å². The van der Waals surface area contributed by atoms with E-state index in [1.54, 1.807) is 17.3 Å². The highest BCUT2D eigenvalue weighted by molar-refractivity contribution is 5.81. The van der Waals surface area contributed by atoms with E-state index in [0.29, 0.717) is 26.1 Å². The van der Waals surface area contributed by atoms with Crippen molar-refractivity contribution in [2.75, 3.05) is 19.8 Å². The van der Waals surface area contributed by atoms with Gasteiger partial charge in [-0.2, -0.15) is 5.26 Å². The van der Waals surface area contributed by atoms with Crippen LogP contribution >= 0.6 is 0 Å². The first kappa shape index (κ1) is 18.6. The van der Waals surface area contributed by atoms with Crippen molar-refractivity contribution in [2.24, 2.45) is 5.92 Å². The van der Waals surface area contributed by atoms with E-state index in [0.717, 1.165) is 16.7 Å². The zero-order chi connectivity index (χ0) is 19.5. The molecule has 1 amide bonds. The highest BCUT2D eigenvalue weighted by Crippen LogP contribution is 2.42. The topological polar surface area (TPSA) is 86.5 Å². The minimum Gasteiger partial charge on any atom is -0.394 e. The number of aromatic nitrogens is 1. The van der Waals surface area contributed by atoms with Gasteiger partial charge in [0.15, 0.2) is 0 Å². The molecular weight excluding hydrogens is 354 g/mol. The molecular formula is C22H23N3O3. The standard InChI is InChI=1S/C22H23N3O3/c23-13-19-21(17-3-1-15(2-4-17)16-5-9-24-10-6-16)20(14-26)25(19)22(27)18-7-11-28-12-8-18/h1-6,9-10,18-21,26H,7-8,11-12,14H2/t19-,20+,21+/m0/s1. The zero-order valence-electron chi connectivity index (χ0n) is 15.6. The first-order valence-electron chi connectivity index (χ1n) is 9.65. The smallest absolute Gasteiger partial charge is 0.227 e. The van der Waals surface area contributed by atoms with Gasteiger partial charge in [0, 0.05) is 37.4 Å². The van der Waals surface area contributed by atoms with Crippen LogP contribution < -0.4 is 0 Å². The summed E-state index contributed by atoms with van der Waals surface area (Å²) in [5.41, 5.74) is 3.11. The van der Waals surface area contributed by atoms with Crippen LogP contribution in [-0.4, -0.2) is 52.8 Å². The number of benzene rings is 1. The fraction of sp³-hybridized carbons (Fsp3) is 0.409. The summed E-state index contributed by atoms with van der Waals surface area (Å²) < 4.78 is 5.34. The molecule has 2 aliphatic rings. The Balaban J connectivity index is 1.54. The summed E-state index contributed by atoms with van der Waals surface area (Å²) in [6.45, 7) is 1.00. The molecule has 2 fully saturated rings. The van der Waals surface area contributed by atoms with Crippen LogP contribution in [0.2, 0.25) is 0 Å². The number of carbonyl (C=O) groups is 1. The van der Waals surface area contributed by atoms with Crippen molar-refractivity contribution in [1.82, 2.24) is 9.88 Å². The molecule has 2 saturated heterocycles. The molecule has 0 aliphatic carbocycles. The predicted octanol–water partition coefficient (Wildman–Crippen LogP) is 2.35. The summed E-state index contributed by atoms with van der Waals surface area (Å²) in [5.74, 6) is -0.322. The second-order valence-corrected chi connectivity index (χ2v) is 7.34. The number of nitrogens with zero attached hydrogens (tertiary/aromatic N) is 3. The van der Waals surface area contributed by atoms with Crippen LogP contribution in [0.25, 0.3) is 11.1 Å². The maximum atomic E-state index is 12.9. The highest BCUT2D eigenvalue weighted by atomic mass is 16.5. The molecule has 28 heavy (non-hydrogen) atoms. The SMILES string of the molecule is N#C[C@H]1[C@@H](c2ccc(-c3ccncc3)cc2)[C@@H](CO)N1C(=O)C1CCOCC1. The molecule has 1 aromatic carbocycles. The van der Waals surface area contributed by atoms with E-state index in [4.69, 9.17) is 4.74 Å². The van der Waals surface area contributed by atoms with Crippen LogP contribution in [0.5, 0.6) is 0 Å². The van der Waals surface area contributed by atoms with E-state index >= 15 is 0 Å². The van der Waals surface area contributed by atoms with Crippen LogP contribution in [0.1, 0.15) is 24.3 Å². The molecule has 0 unspecified atom stereocenters. The van der Waals surface area contributed by atoms with Crippen molar-refractivity contribution in [1.29, 1.82) is 5.26 Å². The highest BCUT2D eigenvalue weighted by Gasteiger charge is 2.52. The number of hydrogen-bond donors (Lipinski definition) is 1. The normalized spacial score (nSPS) is 25.0. The van der Waals surface area contributed by atoms with Gasteiger partial charge in [-0.15, -0.1) is 0 Å². The Bertz CT molecular complexity index is 857. The lowest BCUT2D eigenvalue weighted by molar-refractivity contribution is -0.154. The number of ether oxygens (including phenoxy) is 1. The number of pyridine rings is 1. The van der Waals surface area contributed by atoms with Gasteiger partial charge >= 0.3 is 0 Å². The molecule has 3 atom stereocenters. The summed E-state index contributed by atoms with van der Waals surface area (Å²) in [4.78, 5) is 18.6. The third kappa shape index (κ3) is 3.28. The molecule has 0 radical (unpaired) electrons. The number of rotatable bonds is 4. The fourth-order valence-electron chi connectivity index (χ4n) is 4.31. The third-order valence-electron chi connectivity index (χ3n) is 5.87. The second kappa shape index (κ2) is 8.09. The molecule has 4 rings (SSSR count). The van der Waals surface area contributed by atoms with E-state index in [9.17, 15) is 15.2 Å². The Morgan fingerprint density at radius 2 is 1.79 bits per heavy atom. The van der Waals surface area contributed by atoms with Crippen LogP contribution in [0.15, 0.2) is 48.8 Å². The van der Waals surface area contributed by atoms with E-state index in [2.05, 4.69) is 11.1 Å². The molecule has 0 bridgehead atoms. The van der Waals surface area contributed by atoms with Crippen molar-refractivity contribution in [3.05, 3.63) is 54.4 Å². The first-order valence-corrected chi connectivity index (χ1v) is 9.65. The number of aliphatic hydroxyl groups excluding tert-OH is 1. The van der Waals surface area contributed by atoms with Crippen LogP contribution in [0.3, 0.4) is 0 Å². The molecule has 1 N–H and O–H groups in total. The Kier molecular flexibility index (Phi) is 5.38. The van der Waals surface area contributed by atoms with Gasteiger partial charge < -0.3 is 14.7 Å². The Hall–Kier alpha value is -2.75. The summed E-state index contributed by atoms with van der Waals surface area (Å²) in [7, 11) is 0. The molecule has 2 aromatic rings. The van der Waals surface area contributed by atoms with Gasteiger partial charge in [0.05, 0.1) is 18.7 Å². The quantitative estimate of drug-likeness (QED) is 0.884. The van der Waals surface area contributed by atoms with Crippen molar-refractivity contribution in [2.45, 2.75) is 30.8 Å². The fourth-order valence-corrected chi connectivity index (χ4v) is 4.31. The van der Waals surface area contributed by atoms with Crippen molar-refractivity contribution in [3.63, 3.8) is 0 Å². The number of likely N-dealkylation sites (tertiary alicyclic amines) is 1. The first-order chi connectivity index (χ1) is 13.7. The van der Waals surface area contributed by atoms with Gasteiger partial charge in [-0.25, -0.2) is 0 Å². The number of carbonyl (C=O) groups excluding carboxylic acids is 1. The van der Waals surface area contributed by atoms with Crippen molar-refractivity contribution < 1.29 is 14.6 Å². The van der Waals surface area contributed by atoms with Crippen molar-refractivity contribution in [3.8, 4) is 17.2 Å². The van der Waals surface area contributed by atoms with E-state index in [1.165, 1.54) is 0 Å². The number of hydrogen-bond acceptors (Lipinski definition) is 5. The van der Waals surface area contributed by atoms with Crippen LogP contribution in [-0.2, 0) is 9.53 Å². The number of nitriles is 1. The molecule has 0 saturated carbocycles. The number of aliphatic hydroxyl groups is 1. The van der Waals surface area contributed by atoms with Gasteiger partial charge in [-0.1, -0.05) is 24.3 Å². The number of amides is 1. The molecule has 6 heteroatoms. The van der Waals surface area contributed by atoms with Gasteiger partial charge in [-0.05, 0) is 41.7 Å². The molecule has 6 nitrogen and oxygen atoms in total. The Morgan fingerprint density at radius 3 is 2.39 bits per heavy atom. The lowest BCUT2D eigenvalue weighted by atomic mass is 9.74. The van der Waals surface area contributed by atoms with Gasteiger partial charge in [0.2, 0.25) is 5.91 Å². The van der Waals surface area contributed by atoms with Gasteiger partial charge in [-0.3, -0.25) is 9.78 Å². The monoisotopic (exact) mass is 377 g/mol. The van der Waals surface area contributed by atoms with E-state index < -0.39 is 6.04 Å². The maximum Gasteiger partial charge on any atom is 0.227 e. The second-order valence-electron chi connectivity index (χ2n) is 7.34. The predicted molar refractivity (Wildman–Crippen MR) is 103 cm³/mol. The molecule has 3 heterocycles. The minimum absolute atomic E-state index is 0.0291. The zero-order valence-corrected chi connectivity index (χ0v) is 15.6. The molecule has 144 valence electrons. The minimum atomic E-state index is -0.542. The van der Waals surface area contributed by atoms with E-state index in [-0.39, 0.29) is 30.4 Å². The van der Waals surface area contributed by atoms with Crippen LogP contribution in [0.4, 0.5) is 0 Å². The Labute approximate surface area is 164 Å². The van der Waals surface area contributed by atoms with Crippen LogP contribution in [0, 0.1) is 17.2 Å². The summed E-state index contributed by atoms with van der Waals surface area (Å²) in [6.07, 6.45) is 4.86. The lowest BCUT2D eigenvalue weighted by Gasteiger charge is -2.52. The largest absolute Gasteiger partial charge is 0.394 e. The van der Waals surface area contributed by atoms with E-state index in [1.807, 2.05) is 36.4 Å². The summed E-state index contributed by atoms with van der Waals surface area (Å²) in [6, 6.07) is 13.3. The average molecular weight is 377 g/mol. The summed E-state index contributed by atoms with van der Waals surface area (Å²) in [5, 5.41) is 19.7. The Morgan fingerprint density at radius 1 is 1.14 bits per heavy atom. The van der Waals surface area contributed by atoms with Gasteiger partial charge in [0.1, 0.15) is 6.04 Å². The maximum absolute atomic E-state index is 12.9. The van der Waals surface area contributed by atoms with Gasteiger partial charge in [0.25, 0.3) is 0 Å². The lowest BCUT2D eigenvalue weighted by Crippen LogP contribution is -2.66. The average Bonchev–Trinajstić information content (AvgIpc) is 2.75. The summed E-state index contributed by atoms with van der Waals surface area (Å²) >= 11 is 0. The third-order valence-corrected chi connectivity index (χ3v) is 5.87. The molecule has 1 aromatic heterocycles. The molecule has 2 aliphatic heterocycles.